The molecule has 1 rings (SSSR count). The van der Waals surface area contributed by atoms with Crippen LogP contribution in [0.15, 0.2) is 0 Å². The van der Waals surface area contributed by atoms with Crippen molar-refractivity contribution in [1.29, 1.82) is 0 Å². The molecule has 0 aromatic heterocycles. The molecular weight excluding hydrogens is 202 g/mol. The summed E-state index contributed by atoms with van der Waals surface area (Å²) in [6.45, 7) is 3.20. The highest BCUT2D eigenvalue weighted by Gasteiger charge is 2.42. The van der Waals surface area contributed by atoms with Crippen molar-refractivity contribution in [2.24, 2.45) is 5.41 Å². The molecule has 1 unspecified atom stereocenters. The number of halogens is 1. The van der Waals surface area contributed by atoms with Crippen molar-refractivity contribution in [3.05, 3.63) is 0 Å². The van der Waals surface area contributed by atoms with Gasteiger partial charge in [-0.15, -0.1) is 11.6 Å². The highest BCUT2D eigenvalue weighted by atomic mass is 35.5. The highest BCUT2D eigenvalue weighted by Crippen LogP contribution is 2.48. The number of alkyl halides is 1. The number of ether oxygens (including phenoxy) is 1. The Morgan fingerprint density at radius 1 is 1.64 bits per heavy atom. The second-order valence-electron chi connectivity index (χ2n) is 4.08. The van der Waals surface area contributed by atoms with E-state index in [9.17, 15) is 4.79 Å². The molecule has 1 aliphatic rings. The number of nitrogens with one attached hydrogen (secondary N) is 1. The first kappa shape index (κ1) is 11.8. The van der Waals surface area contributed by atoms with Crippen molar-refractivity contribution in [2.75, 3.05) is 20.3 Å². The summed E-state index contributed by atoms with van der Waals surface area (Å²) < 4.78 is 5.03. The van der Waals surface area contributed by atoms with Gasteiger partial charge in [-0.05, 0) is 31.6 Å². The van der Waals surface area contributed by atoms with Crippen molar-refractivity contribution in [2.45, 2.75) is 31.6 Å². The van der Waals surface area contributed by atoms with E-state index >= 15 is 0 Å². The molecule has 4 heteroatoms. The van der Waals surface area contributed by atoms with Gasteiger partial charge < -0.3 is 10.1 Å². The van der Waals surface area contributed by atoms with Crippen molar-refractivity contribution in [1.82, 2.24) is 5.32 Å². The lowest BCUT2D eigenvalue weighted by molar-refractivity contribution is -0.120. The molecule has 14 heavy (non-hydrogen) atoms. The second kappa shape index (κ2) is 4.99. The van der Waals surface area contributed by atoms with Crippen LogP contribution >= 0.6 is 11.6 Å². The van der Waals surface area contributed by atoms with Crippen LogP contribution in [0.4, 0.5) is 0 Å². The third kappa shape index (κ3) is 3.46. The van der Waals surface area contributed by atoms with Gasteiger partial charge >= 0.3 is 0 Å². The van der Waals surface area contributed by atoms with E-state index in [0.29, 0.717) is 5.41 Å². The van der Waals surface area contributed by atoms with Crippen LogP contribution in [-0.2, 0) is 9.53 Å². The van der Waals surface area contributed by atoms with E-state index in [4.69, 9.17) is 16.3 Å². The normalized spacial score (nSPS) is 20.2. The molecule has 0 aromatic carbocycles. The first-order valence-electron chi connectivity index (χ1n) is 5.00. The fourth-order valence-corrected chi connectivity index (χ4v) is 1.50. The molecule has 0 saturated heterocycles. The molecule has 0 aliphatic heterocycles. The number of methoxy groups -OCH3 is 1. The Morgan fingerprint density at radius 2 is 2.29 bits per heavy atom. The van der Waals surface area contributed by atoms with Crippen LogP contribution in [0.2, 0.25) is 0 Å². The number of carbonyl (C=O) groups is 1. The monoisotopic (exact) mass is 219 g/mol. The van der Waals surface area contributed by atoms with Gasteiger partial charge in [-0.2, -0.15) is 0 Å². The van der Waals surface area contributed by atoms with Crippen molar-refractivity contribution in [3.63, 3.8) is 0 Å². The van der Waals surface area contributed by atoms with Gasteiger partial charge in [0, 0.05) is 20.3 Å². The van der Waals surface area contributed by atoms with E-state index in [1.54, 1.807) is 14.0 Å². The van der Waals surface area contributed by atoms with E-state index in [-0.39, 0.29) is 5.91 Å². The van der Waals surface area contributed by atoms with Crippen LogP contribution in [0.5, 0.6) is 0 Å². The van der Waals surface area contributed by atoms with E-state index < -0.39 is 5.38 Å². The first-order valence-corrected chi connectivity index (χ1v) is 5.44. The fraction of sp³-hybridized carbons (Fsp3) is 0.900. The van der Waals surface area contributed by atoms with Crippen LogP contribution in [0.3, 0.4) is 0 Å². The maximum absolute atomic E-state index is 11.2. The average molecular weight is 220 g/mol. The summed E-state index contributed by atoms with van der Waals surface area (Å²) in [6, 6.07) is 0. The molecule has 0 heterocycles. The standard InChI is InChI=1S/C10H18ClNO2/c1-8(11)9(13)12-7-10(3-4-10)5-6-14-2/h8H,3-7H2,1-2H3,(H,12,13). The minimum atomic E-state index is -0.437. The molecule has 0 radical (unpaired) electrons. The van der Waals surface area contributed by atoms with Crippen LogP contribution in [0.1, 0.15) is 26.2 Å². The van der Waals surface area contributed by atoms with E-state index in [1.807, 2.05) is 0 Å². The molecule has 82 valence electrons. The molecule has 0 aromatic rings. The van der Waals surface area contributed by atoms with Gasteiger partial charge in [-0.3, -0.25) is 4.79 Å². The largest absolute Gasteiger partial charge is 0.385 e. The summed E-state index contributed by atoms with van der Waals surface area (Å²) in [5.74, 6) is -0.0737. The zero-order valence-electron chi connectivity index (χ0n) is 8.81. The minimum Gasteiger partial charge on any atom is -0.385 e. The maximum Gasteiger partial charge on any atom is 0.237 e. The van der Waals surface area contributed by atoms with Crippen LogP contribution in [-0.4, -0.2) is 31.5 Å². The quantitative estimate of drug-likeness (QED) is 0.689. The Kier molecular flexibility index (Phi) is 4.20. The molecule has 1 saturated carbocycles. The molecule has 1 N–H and O–H groups in total. The predicted octanol–water partition coefficient (Wildman–Crippen LogP) is 1.55. The second-order valence-corrected chi connectivity index (χ2v) is 4.73. The number of carbonyl (C=O) groups excluding carboxylic acids is 1. The summed E-state index contributed by atoms with van der Waals surface area (Å²) in [6.07, 6.45) is 3.40. The van der Waals surface area contributed by atoms with E-state index in [0.717, 1.165) is 19.6 Å². The molecule has 1 atom stereocenters. The summed E-state index contributed by atoms with van der Waals surface area (Å²) in [5.41, 5.74) is 0.303. The van der Waals surface area contributed by atoms with Crippen LogP contribution < -0.4 is 5.32 Å². The SMILES string of the molecule is COCCC1(CNC(=O)C(C)Cl)CC1. The number of hydrogen-bond donors (Lipinski definition) is 1. The molecule has 1 aliphatic carbocycles. The predicted molar refractivity (Wildman–Crippen MR) is 56.5 cm³/mol. The van der Waals surface area contributed by atoms with Crippen molar-refractivity contribution >= 4 is 17.5 Å². The summed E-state index contributed by atoms with van der Waals surface area (Å²) in [5, 5.41) is 2.43. The zero-order valence-corrected chi connectivity index (χ0v) is 9.56. The molecule has 1 fully saturated rings. The average Bonchev–Trinajstić information content (AvgIpc) is 2.92. The van der Waals surface area contributed by atoms with Gasteiger partial charge in [0.2, 0.25) is 5.91 Å². The van der Waals surface area contributed by atoms with Gasteiger partial charge in [0.05, 0.1) is 0 Å². The lowest BCUT2D eigenvalue weighted by atomic mass is 10.0. The Balaban J connectivity index is 2.20. The Morgan fingerprint density at radius 3 is 2.71 bits per heavy atom. The molecule has 0 bridgehead atoms. The highest BCUT2D eigenvalue weighted by molar-refractivity contribution is 6.30. The number of hydrogen-bond acceptors (Lipinski definition) is 2. The van der Waals surface area contributed by atoms with Gasteiger partial charge in [-0.25, -0.2) is 0 Å². The van der Waals surface area contributed by atoms with Gasteiger partial charge in [0.1, 0.15) is 5.38 Å². The molecular formula is C10H18ClNO2. The molecule has 3 nitrogen and oxygen atoms in total. The summed E-state index contributed by atoms with van der Waals surface area (Å²) in [7, 11) is 1.70. The first-order chi connectivity index (χ1) is 6.59. The Bertz CT molecular complexity index is 202. The Hall–Kier alpha value is -0.280. The molecule has 1 amide bonds. The zero-order chi connectivity index (χ0) is 10.6. The maximum atomic E-state index is 11.2. The van der Waals surface area contributed by atoms with Crippen molar-refractivity contribution in [3.8, 4) is 0 Å². The van der Waals surface area contributed by atoms with Gasteiger partial charge in [0.15, 0.2) is 0 Å². The van der Waals surface area contributed by atoms with Gasteiger partial charge in [-0.1, -0.05) is 0 Å². The summed E-state index contributed by atoms with van der Waals surface area (Å²) in [4.78, 5) is 11.2. The lowest BCUT2D eigenvalue weighted by Crippen LogP contribution is -2.34. The third-order valence-electron chi connectivity index (χ3n) is 2.79. The smallest absolute Gasteiger partial charge is 0.237 e. The topological polar surface area (TPSA) is 38.3 Å². The summed E-state index contributed by atoms with van der Waals surface area (Å²) >= 11 is 5.65. The van der Waals surface area contributed by atoms with Crippen LogP contribution in [0, 0.1) is 5.41 Å². The fourth-order valence-electron chi connectivity index (χ4n) is 1.43. The van der Waals surface area contributed by atoms with Crippen molar-refractivity contribution < 1.29 is 9.53 Å². The number of rotatable bonds is 6. The van der Waals surface area contributed by atoms with Crippen LogP contribution in [0.25, 0.3) is 0 Å². The Labute approximate surface area is 90.1 Å². The number of amides is 1. The lowest BCUT2D eigenvalue weighted by Gasteiger charge is -2.15. The van der Waals surface area contributed by atoms with E-state index in [2.05, 4.69) is 5.32 Å². The minimum absolute atomic E-state index is 0.0737. The van der Waals surface area contributed by atoms with Gasteiger partial charge in [0.25, 0.3) is 0 Å². The molecule has 0 spiro atoms. The third-order valence-corrected chi connectivity index (χ3v) is 2.99. The van der Waals surface area contributed by atoms with E-state index in [1.165, 1.54) is 12.8 Å².